The number of quaternary nitrogens is 2. The molecule has 0 spiro atoms. The van der Waals surface area contributed by atoms with E-state index in [-0.39, 0.29) is 0 Å². The Hall–Kier alpha value is -3.43. The Kier molecular flexibility index (Phi) is 17.8. The van der Waals surface area contributed by atoms with Crippen LogP contribution in [-0.2, 0) is 13.1 Å². The van der Waals surface area contributed by atoms with Crippen LogP contribution in [0.5, 0.6) is 0 Å². The predicted octanol–water partition coefficient (Wildman–Crippen LogP) is 9.43. The van der Waals surface area contributed by atoms with Crippen molar-refractivity contribution in [2.75, 3.05) is 103 Å². The summed E-state index contributed by atoms with van der Waals surface area (Å²) in [5, 5.41) is 0. The van der Waals surface area contributed by atoms with E-state index in [9.17, 15) is 0 Å². The van der Waals surface area contributed by atoms with Gasteiger partial charge in [0.2, 0.25) is 0 Å². The fourth-order valence-corrected chi connectivity index (χ4v) is 8.85. The van der Waals surface area contributed by atoms with Gasteiger partial charge in [0.1, 0.15) is 6.54 Å². The van der Waals surface area contributed by atoms with Crippen molar-refractivity contribution < 1.29 is 13.5 Å². The lowest BCUT2D eigenvalue weighted by atomic mass is 10.1. The maximum atomic E-state index is 2.39. The van der Waals surface area contributed by atoms with Crippen LogP contribution >= 0.6 is 21.6 Å². The number of nitrogens with zero attached hydrogens (tertiary/aromatic N) is 6. The molecule has 0 saturated carbocycles. The molecular formula is C46H69N6S2+3. The lowest BCUT2D eigenvalue weighted by Crippen LogP contribution is -2.43. The third-order valence-electron chi connectivity index (χ3n) is 10.4. The Morgan fingerprint density at radius 2 is 1.04 bits per heavy atom. The van der Waals surface area contributed by atoms with Gasteiger partial charge in [-0.1, -0.05) is 70.2 Å². The van der Waals surface area contributed by atoms with Crippen LogP contribution in [0.2, 0.25) is 0 Å². The van der Waals surface area contributed by atoms with E-state index in [1.54, 1.807) is 0 Å². The van der Waals surface area contributed by atoms with Crippen LogP contribution in [0, 0.1) is 0 Å². The number of rotatable bonds is 24. The van der Waals surface area contributed by atoms with Crippen molar-refractivity contribution in [3.05, 3.63) is 114 Å². The fourth-order valence-electron chi connectivity index (χ4n) is 6.52. The summed E-state index contributed by atoms with van der Waals surface area (Å²) in [6.45, 7) is 13.3. The third kappa shape index (κ3) is 15.7. The maximum Gasteiger partial charge on any atom is 0.169 e. The summed E-state index contributed by atoms with van der Waals surface area (Å²) in [5.74, 6) is 2.44. The first-order valence-electron chi connectivity index (χ1n) is 20.0. The first-order chi connectivity index (χ1) is 25.9. The Morgan fingerprint density at radius 1 is 0.574 bits per heavy atom. The largest absolute Gasteiger partial charge is 0.374 e. The fraction of sp³-hybridized carbons (Fsp3) is 0.457. The van der Waals surface area contributed by atoms with E-state index in [1.807, 2.05) is 0 Å². The first-order valence-corrected chi connectivity index (χ1v) is 22.5. The Morgan fingerprint density at radius 3 is 1.54 bits per heavy atom. The number of anilines is 2. The molecule has 292 valence electrons. The number of hydrogen-bond acceptors (Lipinski definition) is 4. The molecule has 0 amide bonds. The molecule has 0 aliphatic rings. The standard InChI is InChI=1S/C46H69N6S2/c1-9-49-31-26-43(27-32-49)15-14-41-18-22-45(23-19-41)47(3)29-11-34-51(5,6)36-13-38-53-54-39-37-52(7,8)35-12-30-48(4)46-24-20-42(21-25-46)16-17-44-28-33-50(10-2)40-44/h14-28,31-33,40H,9-13,29-30,34-39H2,1-8H3/q+3/b17-16+. The van der Waals surface area contributed by atoms with Gasteiger partial charge in [0.05, 0.1) is 60.1 Å². The average Bonchev–Trinajstić information content (AvgIpc) is 3.64. The zero-order valence-corrected chi connectivity index (χ0v) is 36.3. The minimum atomic E-state index is 1.000. The number of benzene rings is 2. The van der Waals surface area contributed by atoms with Crippen molar-refractivity contribution in [3.63, 3.8) is 0 Å². The van der Waals surface area contributed by atoms with E-state index in [0.717, 1.165) is 35.1 Å². The van der Waals surface area contributed by atoms with Crippen molar-refractivity contribution >= 4 is 57.3 Å². The van der Waals surface area contributed by atoms with Gasteiger partial charge in [-0.2, -0.15) is 0 Å². The molecule has 6 nitrogen and oxygen atoms in total. The molecule has 0 N–H and O–H groups in total. The van der Waals surface area contributed by atoms with E-state index in [0.29, 0.717) is 0 Å². The molecule has 2 aromatic heterocycles. The van der Waals surface area contributed by atoms with E-state index in [2.05, 4.69) is 212 Å². The molecule has 0 unspecified atom stereocenters. The Bertz CT molecular complexity index is 1690. The minimum absolute atomic E-state index is 1.000. The van der Waals surface area contributed by atoms with Crippen LogP contribution in [0.25, 0.3) is 24.3 Å². The second kappa shape index (κ2) is 22.2. The summed E-state index contributed by atoms with van der Waals surface area (Å²) >= 11 is 0. The summed E-state index contributed by atoms with van der Waals surface area (Å²) in [6.07, 6.45) is 21.0. The highest BCUT2D eigenvalue weighted by atomic mass is 33.1. The van der Waals surface area contributed by atoms with Crippen LogP contribution in [0.4, 0.5) is 11.4 Å². The van der Waals surface area contributed by atoms with Crippen LogP contribution in [0.1, 0.15) is 55.4 Å². The molecule has 2 aromatic carbocycles. The molecule has 0 atom stereocenters. The first kappa shape index (κ1) is 43.3. The van der Waals surface area contributed by atoms with Crippen LogP contribution < -0.4 is 14.4 Å². The maximum absolute atomic E-state index is 2.39. The molecule has 0 bridgehead atoms. The molecule has 54 heavy (non-hydrogen) atoms. The SMILES string of the molecule is CCn1ccc(/C=C/c2ccc(N(C)CCC[N+](C)(C)CCSSCCC[N+](C)(C)CCCN(C)c3ccc(/C=C/c4cc[n+](CC)cc4)cc3)cc2)c1. The van der Waals surface area contributed by atoms with E-state index in [4.69, 9.17) is 0 Å². The van der Waals surface area contributed by atoms with Crippen LogP contribution in [0.3, 0.4) is 0 Å². The molecule has 4 aromatic rings. The summed E-state index contributed by atoms with van der Waals surface area (Å²) in [4.78, 5) is 4.78. The molecular weight excluding hydrogens is 701 g/mol. The predicted molar refractivity (Wildman–Crippen MR) is 242 cm³/mol. The van der Waals surface area contributed by atoms with Crippen LogP contribution in [-0.4, -0.2) is 107 Å². The van der Waals surface area contributed by atoms with Gasteiger partial charge in [0, 0.05) is 94.6 Å². The number of hydrogen-bond donors (Lipinski definition) is 0. The quantitative estimate of drug-likeness (QED) is 0.0305. The summed E-state index contributed by atoms with van der Waals surface area (Å²) < 4.78 is 6.56. The molecule has 0 radical (unpaired) electrons. The van der Waals surface area contributed by atoms with Gasteiger partial charge in [0.15, 0.2) is 12.4 Å². The highest BCUT2D eigenvalue weighted by Gasteiger charge is 2.17. The van der Waals surface area contributed by atoms with Gasteiger partial charge < -0.3 is 23.3 Å². The molecule has 0 fully saturated rings. The topological polar surface area (TPSA) is 15.3 Å². The van der Waals surface area contributed by atoms with E-state index in [1.165, 1.54) is 90.6 Å². The van der Waals surface area contributed by atoms with Crippen molar-refractivity contribution in [1.82, 2.24) is 4.57 Å². The lowest BCUT2D eigenvalue weighted by Gasteiger charge is -2.31. The summed E-state index contributed by atoms with van der Waals surface area (Å²) in [6, 6.07) is 24.4. The second-order valence-corrected chi connectivity index (χ2v) is 18.6. The number of aryl methyl sites for hydroxylation is 2. The van der Waals surface area contributed by atoms with Crippen LogP contribution in [0.15, 0.2) is 91.5 Å². The van der Waals surface area contributed by atoms with Gasteiger partial charge >= 0.3 is 0 Å². The molecule has 0 saturated heterocycles. The van der Waals surface area contributed by atoms with E-state index < -0.39 is 0 Å². The molecule has 0 aliphatic carbocycles. The summed E-state index contributed by atoms with van der Waals surface area (Å²) in [7, 11) is 18.1. The Balaban J connectivity index is 1.03. The van der Waals surface area contributed by atoms with Crippen molar-refractivity contribution in [2.45, 2.75) is 46.2 Å². The zero-order chi connectivity index (χ0) is 38.8. The second-order valence-electron chi connectivity index (χ2n) is 15.9. The smallest absolute Gasteiger partial charge is 0.169 e. The normalized spacial score (nSPS) is 12.3. The Labute approximate surface area is 336 Å². The van der Waals surface area contributed by atoms with Crippen molar-refractivity contribution in [1.29, 1.82) is 0 Å². The number of aromatic nitrogens is 2. The van der Waals surface area contributed by atoms with Gasteiger partial charge in [-0.05, 0) is 66.4 Å². The van der Waals surface area contributed by atoms with Gasteiger partial charge in [0.25, 0.3) is 0 Å². The zero-order valence-electron chi connectivity index (χ0n) is 34.7. The molecule has 8 heteroatoms. The van der Waals surface area contributed by atoms with Gasteiger partial charge in [-0.25, -0.2) is 4.57 Å². The van der Waals surface area contributed by atoms with Crippen molar-refractivity contribution in [3.8, 4) is 0 Å². The molecule has 2 heterocycles. The molecule has 0 aliphatic heterocycles. The summed E-state index contributed by atoms with van der Waals surface area (Å²) in [5.41, 5.74) is 7.52. The third-order valence-corrected chi connectivity index (χ3v) is 12.9. The van der Waals surface area contributed by atoms with E-state index >= 15 is 0 Å². The molecule has 4 rings (SSSR count). The highest BCUT2D eigenvalue weighted by Crippen LogP contribution is 2.24. The van der Waals surface area contributed by atoms with Gasteiger partial charge in [-0.15, -0.1) is 0 Å². The lowest BCUT2D eigenvalue weighted by molar-refractivity contribution is -0.890. The monoisotopic (exact) mass is 770 g/mol. The van der Waals surface area contributed by atoms with Gasteiger partial charge in [-0.3, -0.25) is 0 Å². The van der Waals surface area contributed by atoms with Crippen molar-refractivity contribution in [2.24, 2.45) is 0 Å². The number of pyridine rings is 1. The highest BCUT2D eigenvalue weighted by molar-refractivity contribution is 8.76. The average molecular weight is 770 g/mol. The minimum Gasteiger partial charge on any atom is -0.374 e.